The van der Waals surface area contributed by atoms with E-state index in [1.807, 2.05) is 0 Å². The molecule has 7 heteroatoms. The Labute approximate surface area is 108 Å². The van der Waals surface area contributed by atoms with Gasteiger partial charge in [-0.3, -0.25) is 0 Å². The minimum atomic E-state index is -1.23. The number of methoxy groups -OCH3 is 1. The fraction of sp³-hybridized carbons (Fsp3) is 0.364. The Morgan fingerprint density at radius 3 is 2.78 bits per heavy atom. The van der Waals surface area contributed by atoms with Gasteiger partial charge in [-0.25, -0.2) is 9.18 Å². The second-order valence-electron chi connectivity index (χ2n) is 3.53. The number of aliphatic hydroxyl groups excluding tert-OH is 1. The van der Waals surface area contributed by atoms with Crippen LogP contribution < -0.4 is 10.1 Å². The van der Waals surface area contributed by atoms with Crippen LogP contribution in [0.15, 0.2) is 12.1 Å². The highest BCUT2D eigenvalue weighted by Crippen LogP contribution is 2.26. The van der Waals surface area contributed by atoms with Gasteiger partial charge in [0, 0.05) is 12.6 Å². The first-order chi connectivity index (χ1) is 8.49. The van der Waals surface area contributed by atoms with Crippen molar-refractivity contribution >= 4 is 23.3 Å². The SMILES string of the molecule is COc1cc(C(=O)O)c(NCC(O)CCl)cc1F. The van der Waals surface area contributed by atoms with E-state index in [9.17, 15) is 14.3 Å². The second-order valence-corrected chi connectivity index (χ2v) is 3.84. The first-order valence-electron chi connectivity index (χ1n) is 5.08. The molecule has 0 saturated heterocycles. The summed E-state index contributed by atoms with van der Waals surface area (Å²) < 4.78 is 18.2. The molecule has 0 aliphatic heterocycles. The van der Waals surface area contributed by atoms with Crippen molar-refractivity contribution in [3.05, 3.63) is 23.5 Å². The summed E-state index contributed by atoms with van der Waals surface area (Å²) in [7, 11) is 1.24. The zero-order valence-electron chi connectivity index (χ0n) is 9.61. The predicted molar refractivity (Wildman–Crippen MR) is 65.1 cm³/mol. The van der Waals surface area contributed by atoms with E-state index in [4.69, 9.17) is 21.4 Å². The summed E-state index contributed by atoms with van der Waals surface area (Å²) in [5.74, 6) is -2.08. The Morgan fingerprint density at radius 2 is 2.28 bits per heavy atom. The summed E-state index contributed by atoms with van der Waals surface area (Å²) in [5.41, 5.74) is -0.0833. The highest BCUT2D eigenvalue weighted by Gasteiger charge is 2.16. The number of nitrogens with one attached hydrogen (secondary N) is 1. The third-order valence-electron chi connectivity index (χ3n) is 2.23. The number of aromatic carboxylic acids is 1. The van der Waals surface area contributed by atoms with E-state index in [-0.39, 0.29) is 29.4 Å². The first-order valence-corrected chi connectivity index (χ1v) is 5.61. The maximum absolute atomic E-state index is 13.5. The maximum Gasteiger partial charge on any atom is 0.337 e. The van der Waals surface area contributed by atoms with Crippen molar-refractivity contribution in [3.8, 4) is 5.75 Å². The molecular weight excluding hydrogens is 265 g/mol. The van der Waals surface area contributed by atoms with Crippen molar-refractivity contribution in [2.24, 2.45) is 0 Å². The number of ether oxygens (including phenoxy) is 1. The molecule has 0 radical (unpaired) electrons. The highest BCUT2D eigenvalue weighted by molar-refractivity contribution is 6.18. The van der Waals surface area contributed by atoms with Gasteiger partial charge in [0.05, 0.1) is 30.3 Å². The van der Waals surface area contributed by atoms with Gasteiger partial charge in [0.2, 0.25) is 0 Å². The fourth-order valence-electron chi connectivity index (χ4n) is 1.32. The molecule has 1 unspecified atom stereocenters. The molecule has 1 aromatic rings. The van der Waals surface area contributed by atoms with Crippen molar-refractivity contribution < 1.29 is 24.1 Å². The number of aliphatic hydroxyl groups is 1. The molecule has 0 amide bonds. The van der Waals surface area contributed by atoms with Crippen LogP contribution in [0.2, 0.25) is 0 Å². The lowest BCUT2D eigenvalue weighted by atomic mass is 10.1. The van der Waals surface area contributed by atoms with Crippen molar-refractivity contribution in [2.45, 2.75) is 6.10 Å². The molecule has 0 aliphatic carbocycles. The molecule has 0 aromatic heterocycles. The van der Waals surface area contributed by atoms with Gasteiger partial charge in [-0.15, -0.1) is 11.6 Å². The Morgan fingerprint density at radius 1 is 1.61 bits per heavy atom. The van der Waals surface area contributed by atoms with Crippen LogP contribution in [-0.4, -0.2) is 41.8 Å². The third-order valence-corrected chi connectivity index (χ3v) is 2.58. The van der Waals surface area contributed by atoms with Crippen molar-refractivity contribution in [3.63, 3.8) is 0 Å². The predicted octanol–water partition coefficient (Wildman–Crippen LogP) is 1.54. The standard InChI is InChI=1S/C11H13ClFNO4/c1-18-10-2-7(11(16)17)9(3-8(10)13)14-5-6(15)4-12/h2-3,6,14-15H,4-5H2,1H3,(H,16,17). The number of hydrogen-bond acceptors (Lipinski definition) is 4. The molecular formula is C11H13ClFNO4. The quantitative estimate of drug-likeness (QED) is 0.688. The first kappa shape index (κ1) is 14.5. The van der Waals surface area contributed by atoms with Crippen molar-refractivity contribution in [1.82, 2.24) is 0 Å². The van der Waals surface area contributed by atoms with Gasteiger partial charge in [-0.1, -0.05) is 0 Å². The molecule has 3 N–H and O–H groups in total. The number of carboxylic acids is 1. The van der Waals surface area contributed by atoms with Crippen LogP contribution in [0.5, 0.6) is 5.75 Å². The van der Waals surface area contributed by atoms with Gasteiger partial charge in [-0.05, 0) is 6.07 Å². The van der Waals surface area contributed by atoms with Crippen LogP contribution in [0.4, 0.5) is 10.1 Å². The van der Waals surface area contributed by atoms with Gasteiger partial charge >= 0.3 is 5.97 Å². The zero-order chi connectivity index (χ0) is 13.7. The number of hydrogen-bond donors (Lipinski definition) is 3. The van der Waals surface area contributed by atoms with Crippen LogP contribution in [0, 0.1) is 5.82 Å². The van der Waals surface area contributed by atoms with E-state index in [0.29, 0.717) is 0 Å². The molecule has 1 aromatic carbocycles. The van der Waals surface area contributed by atoms with Crippen LogP contribution in [0.3, 0.4) is 0 Å². The molecule has 18 heavy (non-hydrogen) atoms. The largest absolute Gasteiger partial charge is 0.494 e. The summed E-state index contributed by atoms with van der Waals surface area (Å²) >= 11 is 5.40. The van der Waals surface area contributed by atoms with E-state index < -0.39 is 17.9 Å². The number of carboxylic acid groups (broad SMARTS) is 1. The Hall–Kier alpha value is -1.53. The van der Waals surface area contributed by atoms with Crippen LogP contribution >= 0.6 is 11.6 Å². The highest BCUT2D eigenvalue weighted by atomic mass is 35.5. The van der Waals surface area contributed by atoms with E-state index in [0.717, 1.165) is 12.1 Å². The molecule has 1 atom stereocenters. The van der Waals surface area contributed by atoms with E-state index in [2.05, 4.69) is 5.32 Å². The van der Waals surface area contributed by atoms with Crippen molar-refractivity contribution in [1.29, 1.82) is 0 Å². The molecule has 0 spiro atoms. The zero-order valence-corrected chi connectivity index (χ0v) is 10.4. The summed E-state index contributed by atoms with van der Waals surface area (Å²) in [6.45, 7) is 0.0234. The molecule has 1 rings (SSSR count). The summed E-state index contributed by atoms with van der Waals surface area (Å²) in [6.07, 6.45) is -0.849. The molecule has 5 nitrogen and oxygen atoms in total. The minimum Gasteiger partial charge on any atom is -0.494 e. The minimum absolute atomic E-state index is 0.00591. The molecule has 0 aliphatic rings. The normalized spacial score (nSPS) is 12.0. The number of halogens is 2. The molecule has 0 heterocycles. The monoisotopic (exact) mass is 277 g/mol. The number of anilines is 1. The summed E-state index contributed by atoms with van der Waals surface area (Å²) in [4.78, 5) is 11.0. The lowest BCUT2D eigenvalue weighted by Gasteiger charge is -2.13. The van der Waals surface area contributed by atoms with Gasteiger partial charge in [-0.2, -0.15) is 0 Å². The topological polar surface area (TPSA) is 78.8 Å². The van der Waals surface area contributed by atoms with Crippen molar-refractivity contribution in [2.75, 3.05) is 24.9 Å². The van der Waals surface area contributed by atoms with Crippen LogP contribution in [-0.2, 0) is 0 Å². The number of alkyl halides is 1. The lowest BCUT2D eigenvalue weighted by Crippen LogP contribution is -2.22. The van der Waals surface area contributed by atoms with Crippen LogP contribution in [0.25, 0.3) is 0 Å². The number of carbonyl (C=O) groups is 1. The van der Waals surface area contributed by atoms with E-state index in [1.54, 1.807) is 0 Å². The molecule has 0 fully saturated rings. The average molecular weight is 278 g/mol. The smallest absolute Gasteiger partial charge is 0.337 e. The van der Waals surface area contributed by atoms with Gasteiger partial charge in [0.1, 0.15) is 0 Å². The molecule has 100 valence electrons. The van der Waals surface area contributed by atoms with Crippen LogP contribution in [0.1, 0.15) is 10.4 Å². The van der Waals surface area contributed by atoms with Gasteiger partial charge < -0.3 is 20.3 Å². The maximum atomic E-state index is 13.5. The Balaban J connectivity index is 3.01. The average Bonchev–Trinajstić information content (AvgIpc) is 2.35. The second kappa shape index (κ2) is 6.42. The number of benzene rings is 1. The third kappa shape index (κ3) is 3.48. The van der Waals surface area contributed by atoms with E-state index in [1.165, 1.54) is 7.11 Å². The van der Waals surface area contributed by atoms with E-state index >= 15 is 0 Å². The number of rotatable bonds is 6. The summed E-state index contributed by atoms with van der Waals surface area (Å²) in [5, 5.41) is 20.9. The molecule has 0 bridgehead atoms. The Bertz CT molecular complexity index is 441. The van der Waals surface area contributed by atoms with Gasteiger partial charge in [0.15, 0.2) is 11.6 Å². The lowest BCUT2D eigenvalue weighted by molar-refractivity contribution is 0.0697. The molecule has 0 saturated carbocycles. The van der Waals surface area contributed by atoms with Gasteiger partial charge in [0.25, 0.3) is 0 Å². The summed E-state index contributed by atoms with van der Waals surface area (Å²) in [6, 6.07) is 2.08. The fourth-order valence-corrected chi connectivity index (χ4v) is 1.42. The Kier molecular flexibility index (Phi) is 5.18.